The topological polar surface area (TPSA) is 97.6 Å². The van der Waals surface area contributed by atoms with Crippen LogP contribution in [-0.2, 0) is 16.9 Å². The van der Waals surface area contributed by atoms with Crippen molar-refractivity contribution in [1.29, 1.82) is 0 Å². The highest BCUT2D eigenvalue weighted by Crippen LogP contribution is 2.32. The number of carbonyl (C=O) groups is 2. The Morgan fingerprint density at radius 3 is 2.63 bits per heavy atom. The summed E-state index contributed by atoms with van der Waals surface area (Å²) in [6, 6.07) is 14.3. The van der Waals surface area contributed by atoms with E-state index in [1.54, 1.807) is 6.92 Å². The molecule has 1 saturated heterocycles. The van der Waals surface area contributed by atoms with E-state index in [0.717, 1.165) is 16.0 Å². The van der Waals surface area contributed by atoms with Crippen molar-refractivity contribution < 1.29 is 18.8 Å². The minimum absolute atomic E-state index is 0.115. The third-order valence-corrected chi connectivity index (χ3v) is 5.15. The molecular weight excluding hydrogens is 384 g/mol. The van der Waals surface area contributed by atoms with E-state index in [2.05, 4.69) is 15.5 Å². The van der Waals surface area contributed by atoms with Crippen LogP contribution in [0.3, 0.4) is 0 Å². The zero-order valence-electron chi connectivity index (χ0n) is 17.0. The summed E-state index contributed by atoms with van der Waals surface area (Å²) >= 11 is 0. The quantitative estimate of drug-likeness (QED) is 0.630. The van der Waals surface area contributed by atoms with Crippen molar-refractivity contribution in [2.24, 2.45) is 0 Å². The Kier molecular flexibility index (Phi) is 4.99. The average molecular weight is 406 g/mol. The van der Waals surface area contributed by atoms with E-state index < -0.39 is 11.6 Å². The van der Waals surface area contributed by atoms with Crippen molar-refractivity contribution >= 4 is 11.9 Å². The maximum Gasteiger partial charge on any atom is 0.325 e. The number of amides is 3. The van der Waals surface area contributed by atoms with Crippen LogP contribution in [-0.4, -0.2) is 33.6 Å². The predicted molar refractivity (Wildman–Crippen MR) is 109 cm³/mol. The van der Waals surface area contributed by atoms with Crippen LogP contribution in [0.4, 0.5) is 4.79 Å². The Labute approximate surface area is 173 Å². The molecule has 1 aliphatic heterocycles. The summed E-state index contributed by atoms with van der Waals surface area (Å²) in [7, 11) is 0. The second-order valence-corrected chi connectivity index (χ2v) is 7.20. The van der Waals surface area contributed by atoms with Gasteiger partial charge in [-0.2, -0.15) is 4.98 Å². The summed E-state index contributed by atoms with van der Waals surface area (Å²) in [6.45, 7) is 5.88. The summed E-state index contributed by atoms with van der Waals surface area (Å²) in [5, 5.41) is 6.79. The summed E-state index contributed by atoms with van der Waals surface area (Å²) in [5.41, 5.74) is 1.20. The SMILES string of the molecule is CCOc1ccccc1-c1noc(CN2C(=O)NC(C)(c3ccccc3C)C2=O)n1. The number of aromatic nitrogens is 2. The molecule has 3 amide bonds. The number of rotatable bonds is 6. The molecule has 0 bridgehead atoms. The number of nitrogens with zero attached hydrogens (tertiary/aromatic N) is 3. The van der Waals surface area contributed by atoms with Crippen LogP contribution in [0.25, 0.3) is 11.4 Å². The minimum atomic E-state index is -1.15. The third kappa shape index (κ3) is 3.30. The van der Waals surface area contributed by atoms with E-state index >= 15 is 0 Å². The molecule has 8 heteroatoms. The summed E-state index contributed by atoms with van der Waals surface area (Å²) in [6.07, 6.45) is 0. The van der Waals surface area contributed by atoms with E-state index in [-0.39, 0.29) is 18.3 Å². The largest absolute Gasteiger partial charge is 0.493 e. The highest BCUT2D eigenvalue weighted by molar-refractivity contribution is 6.07. The van der Waals surface area contributed by atoms with E-state index in [0.29, 0.717) is 23.7 Å². The van der Waals surface area contributed by atoms with Crippen LogP contribution >= 0.6 is 0 Å². The lowest BCUT2D eigenvalue weighted by atomic mass is 9.88. The van der Waals surface area contributed by atoms with Gasteiger partial charge in [0.15, 0.2) is 0 Å². The fourth-order valence-electron chi connectivity index (χ4n) is 3.65. The number of imide groups is 1. The maximum atomic E-state index is 13.1. The number of benzene rings is 2. The van der Waals surface area contributed by atoms with Crippen molar-refractivity contribution in [1.82, 2.24) is 20.4 Å². The third-order valence-electron chi connectivity index (χ3n) is 5.15. The van der Waals surface area contributed by atoms with Crippen LogP contribution in [0.5, 0.6) is 5.75 Å². The van der Waals surface area contributed by atoms with Gasteiger partial charge in [-0.05, 0) is 44.0 Å². The van der Waals surface area contributed by atoms with Gasteiger partial charge in [-0.1, -0.05) is 41.6 Å². The number of aryl methyl sites for hydroxylation is 1. The smallest absolute Gasteiger partial charge is 0.325 e. The van der Waals surface area contributed by atoms with Crippen molar-refractivity contribution in [2.75, 3.05) is 6.61 Å². The fraction of sp³-hybridized carbons (Fsp3) is 0.273. The molecule has 2 heterocycles. The predicted octanol–water partition coefficient (Wildman–Crippen LogP) is 3.41. The Morgan fingerprint density at radius 1 is 1.13 bits per heavy atom. The fourth-order valence-corrected chi connectivity index (χ4v) is 3.65. The molecule has 4 rings (SSSR count). The zero-order chi connectivity index (χ0) is 21.3. The van der Waals surface area contributed by atoms with Gasteiger partial charge in [0.1, 0.15) is 17.8 Å². The Morgan fingerprint density at radius 2 is 1.87 bits per heavy atom. The molecular formula is C22H22N4O4. The number of hydrogen-bond donors (Lipinski definition) is 1. The van der Waals surface area contributed by atoms with Crippen LogP contribution < -0.4 is 10.1 Å². The Bertz CT molecular complexity index is 1110. The van der Waals surface area contributed by atoms with Crippen molar-refractivity contribution in [3.05, 3.63) is 65.5 Å². The lowest BCUT2D eigenvalue weighted by molar-refractivity contribution is -0.131. The van der Waals surface area contributed by atoms with E-state index in [1.807, 2.05) is 62.4 Å². The lowest BCUT2D eigenvalue weighted by Crippen LogP contribution is -2.41. The normalized spacial score (nSPS) is 18.6. The van der Waals surface area contributed by atoms with Gasteiger partial charge in [0.25, 0.3) is 5.91 Å². The molecule has 2 aromatic carbocycles. The number of urea groups is 1. The van der Waals surface area contributed by atoms with Crippen LogP contribution in [0, 0.1) is 6.92 Å². The molecule has 1 N–H and O–H groups in total. The second-order valence-electron chi connectivity index (χ2n) is 7.20. The number of carbonyl (C=O) groups excluding carboxylic acids is 2. The first-order chi connectivity index (χ1) is 14.4. The molecule has 0 saturated carbocycles. The maximum absolute atomic E-state index is 13.1. The molecule has 1 aliphatic rings. The van der Waals surface area contributed by atoms with Gasteiger partial charge in [0, 0.05) is 0 Å². The molecule has 0 radical (unpaired) electrons. The van der Waals surface area contributed by atoms with Crippen LogP contribution in [0.2, 0.25) is 0 Å². The average Bonchev–Trinajstić information content (AvgIpc) is 3.28. The van der Waals surface area contributed by atoms with Crippen LogP contribution in [0.1, 0.15) is 30.9 Å². The second kappa shape index (κ2) is 7.62. The molecule has 8 nitrogen and oxygen atoms in total. The van der Waals surface area contributed by atoms with Gasteiger partial charge in [0.05, 0.1) is 12.2 Å². The molecule has 3 aromatic rings. The van der Waals surface area contributed by atoms with E-state index in [1.165, 1.54) is 0 Å². The molecule has 1 aromatic heterocycles. The number of hydrogen-bond acceptors (Lipinski definition) is 6. The van der Waals surface area contributed by atoms with Gasteiger partial charge in [-0.25, -0.2) is 4.79 Å². The van der Waals surface area contributed by atoms with Crippen LogP contribution in [0.15, 0.2) is 53.1 Å². The standard InChI is InChI=1S/C22H22N4O4/c1-4-29-17-12-8-6-10-15(17)19-23-18(30-25-19)13-26-20(27)22(3,24-21(26)28)16-11-7-5-9-14(16)2/h5-12H,4,13H2,1-3H3,(H,24,28). The number of para-hydroxylation sites is 1. The molecule has 154 valence electrons. The zero-order valence-corrected chi connectivity index (χ0v) is 17.0. The molecule has 1 atom stereocenters. The van der Waals surface area contributed by atoms with E-state index in [9.17, 15) is 9.59 Å². The first-order valence-electron chi connectivity index (χ1n) is 9.69. The molecule has 1 unspecified atom stereocenters. The first kappa shape index (κ1) is 19.6. The monoisotopic (exact) mass is 406 g/mol. The summed E-state index contributed by atoms with van der Waals surface area (Å²) < 4.78 is 10.9. The lowest BCUT2D eigenvalue weighted by Gasteiger charge is -2.23. The van der Waals surface area contributed by atoms with Gasteiger partial charge >= 0.3 is 6.03 Å². The van der Waals surface area contributed by atoms with Gasteiger partial charge in [-0.15, -0.1) is 0 Å². The van der Waals surface area contributed by atoms with Crippen molar-refractivity contribution in [2.45, 2.75) is 32.9 Å². The summed E-state index contributed by atoms with van der Waals surface area (Å²) in [5.74, 6) is 0.766. The minimum Gasteiger partial charge on any atom is -0.493 e. The number of ether oxygens (including phenoxy) is 1. The van der Waals surface area contributed by atoms with E-state index in [4.69, 9.17) is 9.26 Å². The molecule has 0 aliphatic carbocycles. The Balaban J connectivity index is 1.58. The van der Waals surface area contributed by atoms with Gasteiger partial charge < -0.3 is 14.6 Å². The van der Waals surface area contributed by atoms with Crippen molar-refractivity contribution in [3.8, 4) is 17.1 Å². The molecule has 30 heavy (non-hydrogen) atoms. The molecule has 0 spiro atoms. The van der Waals surface area contributed by atoms with Gasteiger partial charge in [-0.3, -0.25) is 9.69 Å². The highest BCUT2D eigenvalue weighted by Gasteiger charge is 2.50. The summed E-state index contributed by atoms with van der Waals surface area (Å²) in [4.78, 5) is 31.2. The molecule has 1 fully saturated rings. The van der Waals surface area contributed by atoms with Gasteiger partial charge in [0.2, 0.25) is 11.7 Å². The Hall–Kier alpha value is -3.68. The highest BCUT2D eigenvalue weighted by atomic mass is 16.5. The first-order valence-corrected chi connectivity index (χ1v) is 9.69. The van der Waals surface area contributed by atoms with Crippen molar-refractivity contribution in [3.63, 3.8) is 0 Å². The number of nitrogens with one attached hydrogen (secondary N) is 1.